The molecule has 2 aromatic carbocycles. The molecule has 0 aliphatic rings. The van der Waals surface area contributed by atoms with Gasteiger partial charge in [0, 0.05) is 52.7 Å². The van der Waals surface area contributed by atoms with Gasteiger partial charge in [-0.15, -0.1) is 0 Å². The van der Waals surface area contributed by atoms with Gasteiger partial charge >= 0.3 is 5.97 Å². The Morgan fingerprint density at radius 2 is 1.19 bits per heavy atom. The third-order valence-corrected chi connectivity index (χ3v) is 5.59. The van der Waals surface area contributed by atoms with Gasteiger partial charge in [-0.1, -0.05) is 24.3 Å². The number of methoxy groups -OCH3 is 4. The van der Waals surface area contributed by atoms with Crippen molar-refractivity contribution in [3.05, 3.63) is 58.7 Å². The molecule has 8 nitrogen and oxygen atoms in total. The second-order valence-electron chi connectivity index (χ2n) is 7.48. The zero-order valence-electron chi connectivity index (χ0n) is 18.7. The van der Waals surface area contributed by atoms with Crippen LogP contribution in [0.25, 0.3) is 0 Å². The molecule has 2 aromatic rings. The molecular weight excluding hydrogens is 400 g/mol. The van der Waals surface area contributed by atoms with Crippen molar-refractivity contribution in [1.82, 2.24) is 0 Å². The van der Waals surface area contributed by atoms with Gasteiger partial charge in [0.25, 0.3) is 0 Å². The summed E-state index contributed by atoms with van der Waals surface area (Å²) in [5.41, 5.74) is 14.5. The van der Waals surface area contributed by atoms with Gasteiger partial charge in [-0.05, 0) is 41.3 Å². The maximum absolute atomic E-state index is 12.4. The van der Waals surface area contributed by atoms with E-state index in [4.69, 9.17) is 30.4 Å². The van der Waals surface area contributed by atoms with Gasteiger partial charge in [-0.2, -0.15) is 0 Å². The van der Waals surface area contributed by atoms with Crippen LogP contribution in [0.3, 0.4) is 0 Å². The number of carboxylic acids is 1. The fourth-order valence-corrected chi connectivity index (χ4v) is 3.68. The lowest BCUT2D eigenvalue weighted by molar-refractivity contribution is -0.141. The van der Waals surface area contributed by atoms with E-state index in [9.17, 15) is 9.90 Å². The molecule has 0 spiro atoms. The molecule has 0 unspecified atom stereocenters. The number of ether oxygens (including phenoxy) is 4. The van der Waals surface area contributed by atoms with Crippen LogP contribution in [0.5, 0.6) is 0 Å². The normalized spacial score (nSPS) is 12.0. The molecule has 0 bridgehead atoms. The molecular formula is C23H32N2O6. The summed E-state index contributed by atoms with van der Waals surface area (Å²) in [4.78, 5) is 12.4. The predicted octanol–water partition coefficient (Wildman–Crippen LogP) is 2.56. The molecule has 5 N–H and O–H groups in total. The number of carboxylic acid groups (broad SMARTS) is 1. The molecule has 2 rings (SSSR count). The van der Waals surface area contributed by atoms with Crippen molar-refractivity contribution in [1.29, 1.82) is 0 Å². The summed E-state index contributed by atoms with van der Waals surface area (Å²) < 4.78 is 20.9. The largest absolute Gasteiger partial charge is 0.480 e. The highest BCUT2D eigenvalue weighted by atomic mass is 16.7. The van der Waals surface area contributed by atoms with Gasteiger partial charge in [-0.3, -0.25) is 4.79 Å². The van der Waals surface area contributed by atoms with Gasteiger partial charge in [0.1, 0.15) is 5.41 Å². The summed E-state index contributed by atoms with van der Waals surface area (Å²) in [5.74, 6) is -1.05. The molecule has 0 heterocycles. The monoisotopic (exact) mass is 432 g/mol. The molecule has 0 atom stereocenters. The van der Waals surface area contributed by atoms with Crippen LogP contribution in [0.1, 0.15) is 29.2 Å². The summed E-state index contributed by atoms with van der Waals surface area (Å²) in [5, 5.41) is 10.2. The average molecular weight is 433 g/mol. The highest BCUT2D eigenvalue weighted by Gasteiger charge is 2.40. The maximum Gasteiger partial charge on any atom is 0.318 e. The fraction of sp³-hybridized carbons (Fsp3) is 0.435. The summed E-state index contributed by atoms with van der Waals surface area (Å²) in [6, 6.07) is 10.6. The minimum Gasteiger partial charge on any atom is -0.480 e. The summed E-state index contributed by atoms with van der Waals surface area (Å²) >= 11 is 0. The Balaban J connectivity index is 2.45. The topological polar surface area (TPSA) is 126 Å². The third-order valence-electron chi connectivity index (χ3n) is 5.59. The molecule has 0 radical (unpaired) electrons. The summed E-state index contributed by atoms with van der Waals surface area (Å²) in [7, 11) is 6.23. The zero-order chi connectivity index (χ0) is 23.2. The van der Waals surface area contributed by atoms with Gasteiger partial charge in [0.05, 0.1) is 0 Å². The molecule has 0 amide bonds. The molecule has 0 aliphatic carbocycles. The second-order valence-corrected chi connectivity index (χ2v) is 7.48. The lowest BCUT2D eigenvalue weighted by Gasteiger charge is -2.29. The van der Waals surface area contributed by atoms with Crippen molar-refractivity contribution in [2.24, 2.45) is 0 Å². The van der Waals surface area contributed by atoms with Crippen LogP contribution in [0.4, 0.5) is 11.4 Å². The number of nitrogen functional groups attached to an aromatic ring is 2. The van der Waals surface area contributed by atoms with Crippen LogP contribution in [0, 0.1) is 0 Å². The van der Waals surface area contributed by atoms with Crippen molar-refractivity contribution in [2.45, 2.75) is 37.8 Å². The number of hydrogen-bond acceptors (Lipinski definition) is 7. The van der Waals surface area contributed by atoms with E-state index in [2.05, 4.69) is 0 Å². The zero-order valence-corrected chi connectivity index (χ0v) is 18.7. The Morgan fingerprint density at radius 3 is 1.45 bits per heavy atom. The molecule has 0 fully saturated rings. The van der Waals surface area contributed by atoms with Gasteiger partial charge < -0.3 is 35.5 Å². The quantitative estimate of drug-likeness (QED) is 0.365. The Labute approximate surface area is 183 Å². The number of anilines is 2. The first-order chi connectivity index (χ1) is 14.7. The van der Waals surface area contributed by atoms with Crippen molar-refractivity contribution >= 4 is 17.3 Å². The molecule has 0 saturated carbocycles. The van der Waals surface area contributed by atoms with Gasteiger partial charge in [0.15, 0.2) is 12.6 Å². The standard InChI is InChI=1S/C23H32N2O6/c1-23(22(26)27,16-8-6-14(10-18(16)24)12-20(28-2)29-3)17-9-7-15(11-19(17)25)13-21(30-4)31-5/h6-11,20-21H,12-13,24-25H2,1-5H3,(H,26,27). The van der Waals surface area contributed by atoms with Crippen LogP contribution in [0.2, 0.25) is 0 Å². The van der Waals surface area contributed by atoms with Crippen LogP contribution in [-0.4, -0.2) is 52.1 Å². The van der Waals surface area contributed by atoms with E-state index in [-0.39, 0.29) is 0 Å². The van der Waals surface area contributed by atoms with E-state index in [0.29, 0.717) is 35.3 Å². The Kier molecular flexibility index (Phi) is 8.41. The summed E-state index contributed by atoms with van der Waals surface area (Å²) in [6.45, 7) is 1.60. The smallest absolute Gasteiger partial charge is 0.318 e. The van der Waals surface area contributed by atoms with E-state index < -0.39 is 24.0 Å². The maximum atomic E-state index is 12.4. The van der Waals surface area contributed by atoms with E-state index in [1.165, 1.54) is 0 Å². The van der Waals surface area contributed by atoms with Crippen LogP contribution in [-0.2, 0) is 42.0 Å². The first kappa shape index (κ1) is 24.6. The highest BCUT2D eigenvalue weighted by Crippen LogP contribution is 2.39. The molecule has 170 valence electrons. The predicted molar refractivity (Wildman–Crippen MR) is 119 cm³/mol. The van der Waals surface area contributed by atoms with E-state index >= 15 is 0 Å². The number of aliphatic carboxylic acids is 1. The average Bonchev–Trinajstić information content (AvgIpc) is 2.75. The Morgan fingerprint density at radius 1 is 0.839 bits per heavy atom. The van der Waals surface area contributed by atoms with Crippen LogP contribution in [0.15, 0.2) is 36.4 Å². The number of benzene rings is 2. The lowest BCUT2D eigenvalue weighted by Crippen LogP contribution is -2.35. The minimum atomic E-state index is -1.44. The number of carbonyl (C=O) groups is 1. The lowest BCUT2D eigenvalue weighted by atomic mass is 9.74. The van der Waals surface area contributed by atoms with Crippen LogP contribution >= 0.6 is 0 Å². The van der Waals surface area contributed by atoms with E-state index in [1.807, 2.05) is 12.1 Å². The Bertz CT molecular complexity index is 830. The van der Waals surface area contributed by atoms with Gasteiger partial charge in [-0.25, -0.2) is 0 Å². The van der Waals surface area contributed by atoms with E-state index in [1.54, 1.807) is 59.6 Å². The number of hydrogen-bond donors (Lipinski definition) is 3. The Hall–Kier alpha value is -2.65. The molecule has 31 heavy (non-hydrogen) atoms. The number of nitrogens with two attached hydrogens (primary N) is 2. The van der Waals surface area contributed by atoms with Crippen molar-refractivity contribution < 1.29 is 28.8 Å². The first-order valence-electron chi connectivity index (χ1n) is 9.83. The fourth-order valence-electron chi connectivity index (χ4n) is 3.68. The molecule has 0 saturated heterocycles. The first-order valence-corrected chi connectivity index (χ1v) is 9.83. The number of rotatable bonds is 11. The summed E-state index contributed by atoms with van der Waals surface area (Å²) in [6.07, 6.45) is 0.140. The van der Waals surface area contributed by atoms with Crippen molar-refractivity contribution in [2.75, 3.05) is 39.9 Å². The molecule has 0 aromatic heterocycles. The van der Waals surface area contributed by atoms with E-state index in [0.717, 1.165) is 11.1 Å². The van der Waals surface area contributed by atoms with Gasteiger partial charge in [0.2, 0.25) is 0 Å². The molecule has 0 aliphatic heterocycles. The SMILES string of the molecule is COC(Cc1ccc(C(C)(C(=O)O)c2ccc(CC(OC)OC)cc2N)c(N)c1)OC. The highest BCUT2D eigenvalue weighted by molar-refractivity contribution is 5.89. The third kappa shape index (κ3) is 5.34. The van der Waals surface area contributed by atoms with Crippen molar-refractivity contribution in [3.8, 4) is 0 Å². The second kappa shape index (κ2) is 10.6. The van der Waals surface area contributed by atoms with Crippen molar-refractivity contribution in [3.63, 3.8) is 0 Å². The van der Waals surface area contributed by atoms with Crippen LogP contribution < -0.4 is 11.5 Å². The minimum absolute atomic E-state index is 0.357. The molecule has 8 heteroatoms.